The Balaban J connectivity index is 1.89. The molecule has 2 heterocycles. The van der Waals surface area contributed by atoms with Crippen LogP contribution in [0.2, 0.25) is 5.02 Å². The van der Waals surface area contributed by atoms with Crippen LogP contribution in [0.15, 0.2) is 57.6 Å². The first-order valence-corrected chi connectivity index (χ1v) is 9.00. The van der Waals surface area contributed by atoms with E-state index in [2.05, 4.69) is 17.9 Å². The van der Waals surface area contributed by atoms with Gasteiger partial charge in [-0.25, -0.2) is 4.79 Å². The molecule has 0 bridgehead atoms. The van der Waals surface area contributed by atoms with Crippen LogP contribution in [0.5, 0.6) is 0 Å². The quantitative estimate of drug-likeness (QED) is 0.486. The first-order valence-electron chi connectivity index (χ1n) is 7.99. The van der Waals surface area contributed by atoms with Crippen molar-refractivity contribution in [2.45, 2.75) is 18.9 Å². The van der Waals surface area contributed by atoms with Gasteiger partial charge >= 0.3 is 5.97 Å². The second kappa shape index (κ2) is 7.93. The summed E-state index contributed by atoms with van der Waals surface area (Å²) >= 11 is 10.4. The molecule has 3 rings (SSSR count). The van der Waals surface area contributed by atoms with E-state index in [0.717, 1.165) is 5.56 Å². The van der Waals surface area contributed by atoms with E-state index < -0.39 is 12.0 Å². The number of carboxylic acids is 1. The molecule has 5 nitrogen and oxygen atoms in total. The molecule has 2 aromatic heterocycles. The van der Waals surface area contributed by atoms with Gasteiger partial charge in [-0.1, -0.05) is 17.7 Å². The fourth-order valence-electron chi connectivity index (χ4n) is 2.68. The molecule has 0 aliphatic carbocycles. The molecule has 0 fully saturated rings. The molecule has 2 N–H and O–H groups in total. The maximum absolute atomic E-state index is 11.8. The topological polar surface area (TPSA) is 75.6 Å². The third-order valence-corrected chi connectivity index (χ3v) is 4.69. The number of benzene rings is 1. The van der Waals surface area contributed by atoms with E-state index in [1.54, 1.807) is 36.6 Å². The second-order valence-corrected chi connectivity index (χ2v) is 6.67. The zero-order chi connectivity index (χ0) is 18.7. The van der Waals surface area contributed by atoms with E-state index >= 15 is 0 Å². The lowest BCUT2D eigenvalue weighted by Gasteiger charge is -2.16. The monoisotopic (exact) mass is 391 g/mol. The first kappa shape index (κ1) is 18.5. The number of hydrogen-bond acceptors (Lipinski definition) is 5. The van der Waals surface area contributed by atoms with Crippen molar-refractivity contribution in [2.24, 2.45) is 0 Å². The summed E-state index contributed by atoms with van der Waals surface area (Å²) in [6, 6.07) is 11.3. The predicted octanol–water partition coefficient (Wildman–Crippen LogP) is 5.13. The smallest absolute Gasteiger partial charge is 0.334 e. The Labute approximate surface area is 161 Å². The summed E-state index contributed by atoms with van der Waals surface area (Å²) in [5, 5.41) is 13.2. The van der Waals surface area contributed by atoms with Crippen LogP contribution in [0.3, 0.4) is 0 Å². The van der Waals surface area contributed by atoms with Crippen molar-refractivity contribution < 1.29 is 18.7 Å². The number of anilines is 1. The lowest BCUT2D eigenvalue weighted by molar-refractivity contribution is -0.138. The molecule has 0 radical (unpaired) electrons. The lowest BCUT2D eigenvalue weighted by Crippen LogP contribution is -2.20. The van der Waals surface area contributed by atoms with Gasteiger partial charge in [-0.2, -0.15) is 12.6 Å². The van der Waals surface area contributed by atoms with Crippen molar-refractivity contribution in [3.05, 3.63) is 76.6 Å². The van der Waals surface area contributed by atoms with E-state index in [4.69, 9.17) is 20.4 Å². The van der Waals surface area contributed by atoms with Gasteiger partial charge in [0.1, 0.15) is 17.3 Å². The van der Waals surface area contributed by atoms with E-state index in [-0.39, 0.29) is 5.92 Å². The summed E-state index contributed by atoms with van der Waals surface area (Å²) in [5.41, 5.74) is 1.52. The summed E-state index contributed by atoms with van der Waals surface area (Å²) in [6.45, 7) is 1.87. The van der Waals surface area contributed by atoms with Gasteiger partial charge in [-0.3, -0.25) is 0 Å². The molecule has 0 saturated heterocycles. The molecule has 7 heteroatoms. The minimum Gasteiger partial charge on any atom is -0.479 e. The summed E-state index contributed by atoms with van der Waals surface area (Å²) in [5.74, 6) is 0.839. The van der Waals surface area contributed by atoms with Gasteiger partial charge in [0, 0.05) is 16.5 Å². The average molecular weight is 392 g/mol. The fourth-order valence-corrected chi connectivity index (χ4v) is 3.21. The molecule has 0 spiro atoms. The number of nitrogens with one attached hydrogen (secondary N) is 1. The Morgan fingerprint density at radius 3 is 2.65 bits per heavy atom. The number of aliphatic carboxylic acids is 1. The first-order chi connectivity index (χ1) is 12.5. The molecule has 2 atom stereocenters. The van der Waals surface area contributed by atoms with E-state index in [0.29, 0.717) is 33.7 Å². The predicted molar refractivity (Wildman–Crippen MR) is 103 cm³/mol. The van der Waals surface area contributed by atoms with Crippen LogP contribution < -0.4 is 5.32 Å². The molecule has 0 aliphatic rings. The number of carboxylic acid groups (broad SMARTS) is 1. The van der Waals surface area contributed by atoms with Crippen LogP contribution in [0.25, 0.3) is 0 Å². The second-order valence-electron chi connectivity index (χ2n) is 5.87. The number of hydrogen-bond donors (Lipinski definition) is 3. The minimum absolute atomic E-state index is 0.190. The van der Waals surface area contributed by atoms with Crippen LogP contribution >= 0.6 is 24.2 Å². The number of furan rings is 2. The minimum atomic E-state index is -1.05. The Kier molecular flexibility index (Phi) is 5.64. The van der Waals surface area contributed by atoms with Gasteiger partial charge in [0.15, 0.2) is 6.04 Å². The van der Waals surface area contributed by atoms with Gasteiger partial charge in [0.05, 0.1) is 12.2 Å². The molecule has 2 unspecified atom stereocenters. The molecule has 1 aromatic carbocycles. The molecule has 26 heavy (non-hydrogen) atoms. The average Bonchev–Trinajstić information content (AvgIpc) is 3.29. The van der Waals surface area contributed by atoms with Gasteiger partial charge in [-0.05, 0) is 48.9 Å². The van der Waals surface area contributed by atoms with Gasteiger partial charge < -0.3 is 19.3 Å². The zero-order valence-electron chi connectivity index (χ0n) is 14.0. The van der Waals surface area contributed by atoms with Crippen LogP contribution in [0, 0.1) is 6.92 Å². The number of aryl methyl sites for hydroxylation is 1. The Bertz CT molecular complexity index is 891. The molecule has 0 aliphatic heterocycles. The molecule has 3 aromatic rings. The highest BCUT2D eigenvalue weighted by Crippen LogP contribution is 2.31. The van der Waals surface area contributed by atoms with E-state index in [9.17, 15) is 9.90 Å². The van der Waals surface area contributed by atoms with Crippen molar-refractivity contribution >= 4 is 35.9 Å². The van der Waals surface area contributed by atoms with Crippen LogP contribution in [-0.2, 0) is 4.79 Å². The Morgan fingerprint density at radius 1 is 1.23 bits per heavy atom. The third-order valence-electron chi connectivity index (χ3n) is 4.09. The van der Waals surface area contributed by atoms with Crippen molar-refractivity contribution in [3.8, 4) is 0 Å². The molecular formula is C19H18ClNO4S. The highest BCUT2D eigenvalue weighted by atomic mass is 35.5. The zero-order valence-corrected chi connectivity index (χ0v) is 15.6. The van der Waals surface area contributed by atoms with Crippen LogP contribution in [0.4, 0.5) is 5.69 Å². The highest BCUT2D eigenvalue weighted by molar-refractivity contribution is 7.80. The third kappa shape index (κ3) is 3.92. The summed E-state index contributed by atoms with van der Waals surface area (Å²) in [4.78, 5) is 11.8. The number of halogens is 1. The van der Waals surface area contributed by atoms with Crippen molar-refractivity contribution in [1.29, 1.82) is 0 Å². The lowest BCUT2D eigenvalue weighted by atomic mass is 10.1. The Hall–Kier alpha value is -2.31. The largest absolute Gasteiger partial charge is 0.479 e. The number of rotatable bonds is 7. The number of thiol groups is 1. The van der Waals surface area contributed by atoms with Gasteiger partial charge in [0.2, 0.25) is 0 Å². The van der Waals surface area contributed by atoms with E-state index in [1.807, 2.05) is 19.1 Å². The number of carbonyl (C=O) groups is 1. The van der Waals surface area contributed by atoms with Crippen LogP contribution in [-0.4, -0.2) is 16.8 Å². The normalized spacial score (nSPS) is 13.3. The summed E-state index contributed by atoms with van der Waals surface area (Å²) < 4.78 is 11.3. The highest BCUT2D eigenvalue weighted by Gasteiger charge is 2.26. The molecule has 0 amide bonds. The van der Waals surface area contributed by atoms with Crippen molar-refractivity contribution in [1.82, 2.24) is 0 Å². The van der Waals surface area contributed by atoms with Gasteiger partial charge in [0.25, 0.3) is 0 Å². The Morgan fingerprint density at radius 2 is 2.00 bits per heavy atom. The van der Waals surface area contributed by atoms with E-state index in [1.165, 1.54) is 0 Å². The SMILES string of the molecule is Cc1ccc(Cl)cc1NC(C(=O)O)c1ccc(C(CS)c2ccco2)o1. The maximum Gasteiger partial charge on any atom is 0.334 e. The maximum atomic E-state index is 11.8. The summed E-state index contributed by atoms with van der Waals surface area (Å²) in [6.07, 6.45) is 1.58. The molecular weight excluding hydrogens is 374 g/mol. The molecule has 136 valence electrons. The van der Waals surface area contributed by atoms with Crippen molar-refractivity contribution in [2.75, 3.05) is 11.1 Å². The standard InChI is InChI=1S/C19H18ClNO4S/c1-11-4-5-12(20)9-14(11)21-18(19(22)23)17-7-6-16(25-17)13(10-26)15-3-2-8-24-15/h2-9,13,18,21,26H,10H2,1H3,(H,22,23). The van der Waals surface area contributed by atoms with Crippen LogP contribution in [0.1, 0.15) is 34.8 Å². The fraction of sp³-hybridized carbons (Fsp3) is 0.211. The van der Waals surface area contributed by atoms with Gasteiger partial charge in [-0.15, -0.1) is 0 Å². The molecule has 0 saturated carbocycles. The van der Waals surface area contributed by atoms with Crippen molar-refractivity contribution in [3.63, 3.8) is 0 Å². The summed E-state index contributed by atoms with van der Waals surface area (Å²) in [7, 11) is 0.